The van der Waals surface area contributed by atoms with Crippen LogP contribution in [-0.4, -0.2) is 46.0 Å². The van der Waals surface area contributed by atoms with Crippen molar-refractivity contribution in [3.05, 3.63) is 23.8 Å². The molecule has 1 fully saturated rings. The predicted molar refractivity (Wildman–Crippen MR) is 77.9 cm³/mol. The maximum atomic E-state index is 9.77. The minimum Gasteiger partial charge on any atom is -0.508 e. The quantitative estimate of drug-likeness (QED) is 0.768. The second-order valence-electron chi connectivity index (χ2n) is 5.23. The number of piperazine rings is 1. The number of phenolic OH excluding ortho intramolecular Hbond substituents is 1. The van der Waals surface area contributed by atoms with E-state index in [9.17, 15) is 5.11 Å². The fourth-order valence-corrected chi connectivity index (χ4v) is 2.51. The van der Waals surface area contributed by atoms with E-state index in [2.05, 4.69) is 32.3 Å². The molecule has 6 heteroatoms. The first-order chi connectivity index (χ1) is 9.65. The first kappa shape index (κ1) is 12.9. The Kier molecular flexibility index (Phi) is 3.31. The van der Waals surface area contributed by atoms with Crippen LogP contribution in [0.1, 0.15) is 12.5 Å². The average Bonchev–Trinajstić information content (AvgIpc) is 2.91. The molecule has 2 aromatic rings. The molecule has 0 aliphatic carbocycles. The van der Waals surface area contributed by atoms with Crippen molar-refractivity contribution >= 4 is 5.95 Å². The standard InChI is InChI=1S/C14H19N5O/c1-9-8-19(7-6-15-9)14-16-13(17-18-14)11-4-3-5-12(20)10(11)2/h3-5,9,15,20H,6-8H2,1-2H3,(H,16,17,18). The number of benzene rings is 1. The molecule has 0 spiro atoms. The molecule has 3 rings (SSSR count). The summed E-state index contributed by atoms with van der Waals surface area (Å²) in [5.41, 5.74) is 1.69. The Morgan fingerprint density at radius 2 is 2.25 bits per heavy atom. The first-order valence-electron chi connectivity index (χ1n) is 6.85. The number of rotatable bonds is 2. The third kappa shape index (κ3) is 2.34. The number of aromatic hydroxyl groups is 1. The van der Waals surface area contributed by atoms with Crippen molar-refractivity contribution in [3.8, 4) is 17.1 Å². The number of aromatic amines is 1. The van der Waals surface area contributed by atoms with Gasteiger partial charge in [0.05, 0.1) is 0 Å². The molecule has 1 saturated heterocycles. The molecular formula is C14H19N5O. The van der Waals surface area contributed by atoms with Gasteiger partial charge in [0.25, 0.3) is 0 Å². The molecule has 0 saturated carbocycles. The lowest BCUT2D eigenvalue weighted by Gasteiger charge is -2.30. The summed E-state index contributed by atoms with van der Waals surface area (Å²) >= 11 is 0. The van der Waals surface area contributed by atoms with Gasteiger partial charge in [-0.1, -0.05) is 12.1 Å². The van der Waals surface area contributed by atoms with E-state index in [0.29, 0.717) is 11.9 Å². The fourth-order valence-electron chi connectivity index (χ4n) is 2.51. The van der Waals surface area contributed by atoms with Crippen LogP contribution in [0.4, 0.5) is 5.95 Å². The minimum atomic E-state index is 0.274. The van der Waals surface area contributed by atoms with Crippen LogP contribution in [0.5, 0.6) is 5.75 Å². The van der Waals surface area contributed by atoms with E-state index >= 15 is 0 Å². The van der Waals surface area contributed by atoms with E-state index in [1.807, 2.05) is 19.1 Å². The van der Waals surface area contributed by atoms with E-state index in [0.717, 1.165) is 36.7 Å². The normalized spacial score (nSPS) is 19.3. The molecule has 20 heavy (non-hydrogen) atoms. The zero-order chi connectivity index (χ0) is 14.1. The highest BCUT2D eigenvalue weighted by molar-refractivity contribution is 5.64. The van der Waals surface area contributed by atoms with Gasteiger partial charge in [0.15, 0.2) is 5.82 Å². The van der Waals surface area contributed by atoms with E-state index < -0.39 is 0 Å². The Bertz CT molecular complexity index is 609. The Hall–Kier alpha value is -2.08. The summed E-state index contributed by atoms with van der Waals surface area (Å²) in [6.07, 6.45) is 0. The minimum absolute atomic E-state index is 0.274. The molecule has 0 amide bonds. The molecule has 106 valence electrons. The predicted octanol–water partition coefficient (Wildman–Crippen LogP) is 1.28. The van der Waals surface area contributed by atoms with E-state index in [4.69, 9.17) is 0 Å². The highest BCUT2D eigenvalue weighted by Gasteiger charge is 2.20. The van der Waals surface area contributed by atoms with E-state index in [-0.39, 0.29) is 5.75 Å². The van der Waals surface area contributed by atoms with Crippen LogP contribution in [0.2, 0.25) is 0 Å². The highest BCUT2D eigenvalue weighted by Crippen LogP contribution is 2.27. The number of nitrogens with zero attached hydrogens (tertiary/aromatic N) is 3. The molecule has 2 heterocycles. The van der Waals surface area contributed by atoms with Crippen LogP contribution in [0.25, 0.3) is 11.4 Å². The van der Waals surface area contributed by atoms with Crippen LogP contribution in [-0.2, 0) is 0 Å². The molecule has 1 aliphatic heterocycles. The molecule has 0 bridgehead atoms. The maximum Gasteiger partial charge on any atom is 0.245 e. The maximum absolute atomic E-state index is 9.77. The van der Waals surface area contributed by atoms with Crippen molar-refractivity contribution in [1.29, 1.82) is 0 Å². The van der Waals surface area contributed by atoms with Gasteiger partial charge in [-0.25, -0.2) is 0 Å². The number of hydrogen-bond acceptors (Lipinski definition) is 5. The summed E-state index contributed by atoms with van der Waals surface area (Å²) in [7, 11) is 0. The highest BCUT2D eigenvalue weighted by atomic mass is 16.3. The molecular weight excluding hydrogens is 254 g/mol. The molecule has 1 atom stereocenters. The second-order valence-corrected chi connectivity index (χ2v) is 5.23. The van der Waals surface area contributed by atoms with Crippen molar-refractivity contribution in [2.75, 3.05) is 24.5 Å². The van der Waals surface area contributed by atoms with Gasteiger partial charge < -0.3 is 15.3 Å². The average molecular weight is 273 g/mol. The smallest absolute Gasteiger partial charge is 0.245 e. The number of anilines is 1. The molecule has 1 unspecified atom stereocenters. The SMILES string of the molecule is Cc1c(O)cccc1-c1nc(N2CCNC(C)C2)n[nH]1. The summed E-state index contributed by atoms with van der Waals surface area (Å²) in [5.74, 6) is 1.69. The number of aromatic nitrogens is 3. The van der Waals surface area contributed by atoms with Crippen molar-refractivity contribution in [2.45, 2.75) is 19.9 Å². The van der Waals surface area contributed by atoms with E-state index in [1.54, 1.807) is 6.07 Å². The lowest BCUT2D eigenvalue weighted by atomic mass is 10.1. The lowest BCUT2D eigenvalue weighted by molar-refractivity contribution is 0.471. The van der Waals surface area contributed by atoms with E-state index in [1.165, 1.54) is 0 Å². The molecule has 1 aliphatic rings. The Morgan fingerprint density at radius 3 is 3.05 bits per heavy atom. The van der Waals surface area contributed by atoms with Gasteiger partial charge in [0.2, 0.25) is 5.95 Å². The van der Waals surface area contributed by atoms with Gasteiger partial charge in [-0.15, -0.1) is 5.10 Å². The summed E-state index contributed by atoms with van der Waals surface area (Å²) in [5, 5.41) is 20.4. The summed E-state index contributed by atoms with van der Waals surface area (Å²) in [6.45, 7) is 6.77. The summed E-state index contributed by atoms with van der Waals surface area (Å²) < 4.78 is 0. The van der Waals surface area contributed by atoms with Crippen LogP contribution >= 0.6 is 0 Å². The number of hydrogen-bond donors (Lipinski definition) is 3. The Balaban J connectivity index is 1.88. The third-order valence-corrected chi connectivity index (χ3v) is 3.69. The number of H-pyrrole nitrogens is 1. The van der Waals surface area contributed by atoms with Crippen LogP contribution in [0, 0.1) is 6.92 Å². The third-order valence-electron chi connectivity index (χ3n) is 3.69. The van der Waals surface area contributed by atoms with Gasteiger partial charge in [-0.05, 0) is 19.9 Å². The summed E-state index contributed by atoms with van der Waals surface area (Å²) in [4.78, 5) is 6.73. The number of nitrogens with one attached hydrogen (secondary N) is 2. The Labute approximate surface area is 117 Å². The zero-order valence-corrected chi connectivity index (χ0v) is 11.7. The molecule has 6 nitrogen and oxygen atoms in total. The van der Waals surface area contributed by atoms with Crippen molar-refractivity contribution in [2.24, 2.45) is 0 Å². The van der Waals surface area contributed by atoms with Crippen LogP contribution < -0.4 is 10.2 Å². The van der Waals surface area contributed by atoms with Gasteiger partial charge in [0.1, 0.15) is 5.75 Å². The van der Waals surface area contributed by atoms with Crippen LogP contribution in [0.15, 0.2) is 18.2 Å². The molecule has 3 N–H and O–H groups in total. The number of phenols is 1. The largest absolute Gasteiger partial charge is 0.508 e. The van der Waals surface area contributed by atoms with Crippen LogP contribution in [0.3, 0.4) is 0 Å². The second kappa shape index (κ2) is 5.13. The Morgan fingerprint density at radius 1 is 1.40 bits per heavy atom. The molecule has 0 radical (unpaired) electrons. The molecule has 1 aromatic heterocycles. The topological polar surface area (TPSA) is 77.1 Å². The molecule has 1 aromatic carbocycles. The first-order valence-corrected chi connectivity index (χ1v) is 6.85. The van der Waals surface area contributed by atoms with Gasteiger partial charge >= 0.3 is 0 Å². The van der Waals surface area contributed by atoms with Gasteiger partial charge in [-0.3, -0.25) is 5.10 Å². The van der Waals surface area contributed by atoms with Gasteiger partial charge in [-0.2, -0.15) is 4.98 Å². The monoisotopic (exact) mass is 273 g/mol. The van der Waals surface area contributed by atoms with Crippen molar-refractivity contribution < 1.29 is 5.11 Å². The fraction of sp³-hybridized carbons (Fsp3) is 0.429. The van der Waals surface area contributed by atoms with Crippen molar-refractivity contribution in [3.63, 3.8) is 0 Å². The van der Waals surface area contributed by atoms with Gasteiger partial charge in [0, 0.05) is 36.8 Å². The van der Waals surface area contributed by atoms with Crippen molar-refractivity contribution in [1.82, 2.24) is 20.5 Å². The lowest BCUT2D eigenvalue weighted by Crippen LogP contribution is -2.49. The summed E-state index contributed by atoms with van der Waals surface area (Å²) in [6, 6.07) is 5.86. The zero-order valence-electron chi connectivity index (χ0n) is 11.7.